The van der Waals surface area contributed by atoms with E-state index in [-0.39, 0.29) is 5.91 Å². The molecule has 0 radical (unpaired) electrons. The van der Waals surface area contributed by atoms with Gasteiger partial charge in [-0.2, -0.15) is 10.4 Å². The number of piperidine rings is 1. The Labute approximate surface area is 153 Å². The molecule has 0 aliphatic carbocycles. The number of pyridine rings is 1. The summed E-state index contributed by atoms with van der Waals surface area (Å²) in [5.41, 5.74) is 3.04. The van der Waals surface area contributed by atoms with Crippen LogP contribution in [0.3, 0.4) is 0 Å². The van der Waals surface area contributed by atoms with Crippen molar-refractivity contribution in [2.24, 2.45) is 13.0 Å². The minimum Gasteiger partial charge on any atom is -0.369 e. The van der Waals surface area contributed by atoms with Crippen LogP contribution in [0.15, 0.2) is 24.5 Å². The van der Waals surface area contributed by atoms with Gasteiger partial charge in [0, 0.05) is 45.6 Å². The number of aromatic nitrogens is 3. The van der Waals surface area contributed by atoms with Gasteiger partial charge < -0.3 is 9.80 Å². The SMILES string of the molecule is Cc1cc(C(=O)N(C)CC2CCN(c3cnccc3C#N)CC2)nn1C. The highest BCUT2D eigenvalue weighted by molar-refractivity contribution is 5.92. The van der Waals surface area contributed by atoms with Crippen LogP contribution in [0.5, 0.6) is 0 Å². The van der Waals surface area contributed by atoms with Crippen LogP contribution in [0.1, 0.15) is 34.6 Å². The highest BCUT2D eigenvalue weighted by Gasteiger charge is 2.24. The zero-order chi connectivity index (χ0) is 18.7. The van der Waals surface area contributed by atoms with Gasteiger partial charge in [-0.1, -0.05) is 0 Å². The van der Waals surface area contributed by atoms with Gasteiger partial charge in [-0.3, -0.25) is 14.5 Å². The number of rotatable bonds is 4. The number of aryl methyl sites for hydroxylation is 2. The van der Waals surface area contributed by atoms with E-state index in [9.17, 15) is 10.1 Å². The first kappa shape index (κ1) is 17.9. The second kappa shape index (κ2) is 7.56. The summed E-state index contributed by atoms with van der Waals surface area (Å²) in [6.45, 7) is 4.40. The van der Waals surface area contributed by atoms with Gasteiger partial charge in [0.15, 0.2) is 5.69 Å². The lowest BCUT2D eigenvalue weighted by Crippen LogP contribution is -2.39. The van der Waals surface area contributed by atoms with Crippen molar-refractivity contribution in [3.8, 4) is 6.07 Å². The lowest BCUT2D eigenvalue weighted by molar-refractivity contribution is 0.0758. The van der Waals surface area contributed by atoms with Crippen molar-refractivity contribution in [2.45, 2.75) is 19.8 Å². The maximum atomic E-state index is 12.5. The van der Waals surface area contributed by atoms with Crippen molar-refractivity contribution in [3.05, 3.63) is 41.5 Å². The van der Waals surface area contributed by atoms with Gasteiger partial charge in [0.2, 0.25) is 0 Å². The van der Waals surface area contributed by atoms with E-state index in [0.29, 0.717) is 17.2 Å². The number of nitriles is 1. The van der Waals surface area contributed by atoms with Crippen molar-refractivity contribution in [1.29, 1.82) is 5.26 Å². The molecule has 136 valence electrons. The fourth-order valence-corrected chi connectivity index (χ4v) is 3.42. The molecule has 0 atom stereocenters. The summed E-state index contributed by atoms with van der Waals surface area (Å²) in [4.78, 5) is 20.7. The number of nitrogens with zero attached hydrogens (tertiary/aromatic N) is 6. The Balaban J connectivity index is 1.57. The Morgan fingerprint density at radius 3 is 2.77 bits per heavy atom. The molecule has 0 aromatic carbocycles. The monoisotopic (exact) mass is 352 g/mol. The molecule has 7 heteroatoms. The molecular weight excluding hydrogens is 328 g/mol. The number of anilines is 1. The Morgan fingerprint density at radius 1 is 1.42 bits per heavy atom. The predicted molar refractivity (Wildman–Crippen MR) is 98.8 cm³/mol. The molecule has 1 saturated heterocycles. The van der Waals surface area contributed by atoms with Gasteiger partial charge in [-0.25, -0.2) is 0 Å². The van der Waals surface area contributed by atoms with Crippen molar-refractivity contribution < 1.29 is 4.79 Å². The molecule has 0 N–H and O–H groups in total. The van der Waals surface area contributed by atoms with Crippen molar-refractivity contribution in [1.82, 2.24) is 19.7 Å². The van der Waals surface area contributed by atoms with E-state index in [0.717, 1.165) is 43.9 Å². The first-order valence-corrected chi connectivity index (χ1v) is 8.84. The molecule has 26 heavy (non-hydrogen) atoms. The third-order valence-corrected chi connectivity index (χ3v) is 5.09. The van der Waals surface area contributed by atoms with E-state index < -0.39 is 0 Å². The number of carbonyl (C=O) groups excluding carboxylic acids is 1. The lowest BCUT2D eigenvalue weighted by Gasteiger charge is -2.35. The molecule has 0 spiro atoms. The molecule has 2 aromatic rings. The average molecular weight is 352 g/mol. The van der Waals surface area contributed by atoms with Crippen LogP contribution < -0.4 is 4.90 Å². The Kier molecular flexibility index (Phi) is 5.21. The normalized spacial score (nSPS) is 14.9. The van der Waals surface area contributed by atoms with E-state index in [4.69, 9.17) is 0 Å². The van der Waals surface area contributed by atoms with Gasteiger partial charge in [-0.15, -0.1) is 0 Å². The lowest BCUT2D eigenvalue weighted by atomic mass is 9.95. The molecular formula is C19H24N6O. The Bertz CT molecular complexity index is 809. The molecule has 1 aliphatic heterocycles. The molecule has 3 heterocycles. The minimum absolute atomic E-state index is 0.0323. The fraction of sp³-hybridized carbons (Fsp3) is 0.474. The van der Waals surface area contributed by atoms with Gasteiger partial charge in [0.25, 0.3) is 5.91 Å². The molecule has 1 aliphatic rings. The van der Waals surface area contributed by atoms with Crippen LogP contribution in [0.25, 0.3) is 0 Å². The van der Waals surface area contributed by atoms with E-state index in [1.54, 1.807) is 28.0 Å². The summed E-state index contributed by atoms with van der Waals surface area (Å²) < 4.78 is 1.72. The minimum atomic E-state index is -0.0323. The van der Waals surface area contributed by atoms with Gasteiger partial charge in [0.1, 0.15) is 6.07 Å². The molecule has 1 amide bonds. The van der Waals surface area contributed by atoms with Crippen LogP contribution in [-0.4, -0.2) is 52.3 Å². The highest BCUT2D eigenvalue weighted by atomic mass is 16.2. The molecule has 3 rings (SSSR count). The van der Waals surface area contributed by atoms with Crippen LogP contribution in [0.2, 0.25) is 0 Å². The first-order valence-electron chi connectivity index (χ1n) is 8.84. The van der Waals surface area contributed by atoms with E-state index in [1.165, 1.54) is 0 Å². The summed E-state index contributed by atoms with van der Waals surface area (Å²) in [6.07, 6.45) is 5.38. The number of hydrogen-bond donors (Lipinski definition) is 0. The molecule has 7 nitrogen and oxygen atoms in total. The third-order valence-electron chi connectivity index (χ3n) is 5.09. The topological polar surface area (TPSA) is 78.1 Å². The number of amides is 1. The second-order valence-corrected chi connectivity index (χ2v) is 6.92. The van der Waals surface area contributed by atoms with E-state index in [1.807, 2.05) is 27.1 Å². The quantitative estimate of drug-likeness (QED) is 0.841. The Hall–Kier alpha value is -2.88. The summed E-state index contributed by atoms with van der Waals surface area (Å²) in [7, 11) is 3.68. The molecule has 1 fully saturated rings. The maximum Gasteiger partial charge on any atom is 0.274 e. The van der Waals surface area contributed by atoms with Crippen molar-refractivity contribution in [3.63, 3.8) is 0 Å². The van der Waals surface area contributed by atoms with E-state index in [2.05, 4.69) is 21.1 Å². The van der Waals surface area contributed by atoms with Crippen LogP contribution in [0, 0.1) is 24.2 Å². The molecule has 2 aromatic heterocycles. The number of hydrogen-bond acceptors (Lipinski definition) is 5. The zero-order valence-electron chi connectivity index (χ0n) is 15.5. The summed E-state index contributed by atoms with van der Waals surface area (Å²) in [5.74, 6) is 0.419. The standard InChI is InChI=1S/C19H24N6O/c1-14-10-17(22-24(14)3)19(26)23(2)13-15-5-8-25(9-6-15)18-12-21-7-4-16(18)11-20/h4,7,10,12,15H,5-6,8-9,13H2,1-3H3. The second-order valence-electron chi connectivity index (χ2n) is 6.92. The van der Waals surface area contributed by atoms with E-state index >= 15 is 0 Å². The fourth-order valence-electron chi connectivity index (χ4n) is 3.42. The first-order chi connectivity index (χ1) is 12.5. The summed E-state index contributed by atoms with van der Waals surface area (Å²) >= 11 is 0. The average Bonchev–Trinajstić information content (AvgIpc) is 3.00. The largest absolute Gasteiger partial charge is 0.369 e. The van der Waals surface area contributed by atoms with Gasteiger partial charge >= 0.3 is 0 Å². The zero-order valence-corrected chi connectivity index (χ0v) is 15.5. The van der Waals surface area contributed by atoms with Crippen molar-refractivity contribution >= 4 is 11.6 Å². The van der Waals surface area contributed by atoms with Crippen LogP contribution >= 0.6 is 0 Å². The third kappa shape index (κ3) is 3.69. The predicted octanol–water partition coefficient (Wildman–Crippen LogP) is 1.98. The molecule has 0 bridgehead atoms. The summed E-state index contributed by atoms with van der Waals surface area (Å²) in [5, 5.41) is 13.5. The summed E-state index contributed by atoms with van der Waals surface area (Å²) in [6, 6.07) is 5.81. The number of carbonyl (C=O) groups is 1. The highest BCUT2D eigenvalue weighted by Crippen LogP contribution is 2.26. The molecule has 0 saturated carbocycles. The van der Waals surface area contributed by atoms with Gasteiger partial charge in [-0.05, 0) is 37.8 Å². The van der Waals surface area contributed by atoms with Gasteiger partial charge in [0.05, 0.1) is 17.4 Å². The van der Waals surface area contributed by atoms with Crippen LogP contribution in [0.4, 0.5) is 5.69 Å². The molecule has 0 unspecified atom stereocenters. The Morgan fingerprint density at radius 2 is 2.15 bits per heavy atom. The smallest absolute Gasteiger partial charge is 0.274 e. The van der Waals surface area contributed by atoms with Crippen LogP contribution in [-0.2, 0) is 7.05 Å². The maximum absolute atomic E-state index is 12.5. The van der Waals surface area contributed by atoms with Crippen molar-refractivity contribution in [2.75, 3.05) is 31.6 Å².